The number of alkyl halides is 3. The van der Waals surface area contributed by atoms with Gasteiger partial charge in [-0.1, -0.05) is 25.6 Å². The Morgan fingerprint density at radius 1 is 1.33 bits per heavy atom. The maximum absolute atomic E-state index is 13.8. The maximum atomic E-state index is 13.8. The molecule has 1 heterocycles. The van der Waals surface area contributed by atoms with Crippen LogP contribution in [0.5, 0.6) is 0 Å². The Bertz CT molecular complexity index is 566. The van der Waals surface area contributed by atoms with Crippen LogP contribution in [0, 0.1) is 17.6 Å². The predicted octanol–water partition coefficient (Wildman–Crippen LogP) is 4.68. The first-order valence-electron chi connectivity index (χ1n) is 6.44. The summed E-state index contributed by atoms with van der Waals surface area (Å²) in [6.07, 6.45) is -3.42. The molecule has 1 nitrogen and oxygen atoms in total. The SMILES string of the molecule is C=Cc1c([C@H]2CO[C@@](C)(C(F)(F)F)[C@@H]2C)ccc(F)c1F. The van der Waals surface area contributed by atoms with Crippen molar-refractivity contribution in [2.24, 2.45) is 5.92 Å². The first-order valence-corrected chi connectivity index (χ1v) is 6.44. The highest BCUT2D eigenvalue weighted by Gasteiger charge is 2.61. The second-order valence-electron chi connectivity index (χ2n) is 5.38. The molecule has 0 saturated carbocycles. The highest BCUT2D eigenvalue weighted by molar-refractivity contribution is 5.54. The highest BCUT2D eigenvalue weighted by atomic mass is 19.4. The van der Waals surface area contributed by atoms with E-state index in [1.54, 1.807) is 0 Å². The van der Waals surface area contributed by atoms with Gasteiger partial charge >= 0.3 is 6.18 Å². The molecule has 0 amide bonds. The van der Waals surface area contributed by atoms with E-state index < -0.39 is 35.2 Å². The molecule has 0 N–H and O–H groups in total. The molecular weight excluding hydrogens is 291 g/mol. The molecule has 1 saturated heterocycles. The zero-order chi connectivity index (χ0) is 16.0. The van der Waals surface area contributed by atoms with Crippen molar-refractivity contribution < 1.29 is 26.7 Å². The number of rotatable bonds is 2. The standard InChI is InChI=1S/C15H15F5O/c1-4-9-10(5-6-12(16)13(9)17)11-7-21-14(3,8(11)2)15(18,19)20/h4-6,8,11H,1,7H2,2-3H3/t8-,11+,14-/m1/s1. The summed E-state index contributed by atoms with van der Waals surface area (Å²) in [5.74, 6) is -3.77. The minimum absolute atomic E-state index is 0.109. The summed E-state index contributed by atoms with van der Waals surface area (Å²) in [6, 6.07) is 2.20. The van der Waals surface area contributed by atoms with E-state index in [-0.39, 0.29) is 17.7 Å². The third kappa shape index (κ3) is 2.35. The van der Waals surface area contributed by atoms with Crippen molar-refractivity contribution in [2.45, 2.75) is 31.5 Å². The number of hydrogen-bond acceptors (Lipinski definition) is 1. The highest BCUT2D eigenvalue weighted by Crippen LogP contribution is 2.50. The number of ether oxygens (including phenoxy) is 1. The van der Waals surface area contributed by atoms with Gasteiger partial charge in [-0.2, -0.15) is 13.2 Å². The molecule has 0 radical (unpaired) electrons. The Morgan fingerprint density at radius 3 is 2.43 bits per heavy atom. The molecule has 1 fully saturated rings. The first kappa shape index (κ1) is 15.9. The molecule has 1 aromatic carbocycles. The molecule has 2 rings (SSSR count). The minimum Gasteiger partial charge on any atom is -0.365 e. The van der Waals surface area contributed by atoms with Crippen LogP contribution in [0.25, 0.3) is 6.08 Å². The summed E-state index contributed by atoms with van der Waals surface area (Å²) in [5, 5.41) is 0. The fourth-order valence-corrected chi connectivity index (χ4v) is 2.73. The van der Waals surface area contributed by atoms with Crippen molar-refractivity contribution in [3.05, 3.63) is 41.5 Å². The van der Waals surface area contributed by atoms with Gasteiger partial charge < -0.3 is 4.74 Å². The lowest BCUT2D eigenvalue weighted by molar-refractivity contribution is -0.266. The van der Waals surface area contributed by atoms with E-state index in [1.165, 1.54) is 13.0 Å². The maximum Gasteiger partial charge on any atom is 0.417 e. The lowest BCUT2D eigenvalue weighted by Crippen LogP contribution is -2.46. The molecule has 1 aliphatic rings. The molecular formula is C15H15F5O. The van der Waals surface area contributed by atoms with Gasteiger partial charge in [-0.15, -0.1) is 0 Å². The van der Waals surface area contributed by atoms with Crippen LogP contribution < -0.4 is 0 Å². The molecule has 0 aliphatic carbocycles. The Morgan fingerprint density at radius 2 is 1.95 bits per heavy atom. The van der Waals surface area contributed by atoms with Crippen LogP contribution in [0.4, 0.5) is 22.0 Å². The molecule has 116 valence electrons. The first-order chi connectivity index (χ1) is 9.63. The van der Waals surface area contributed by atoms with Crippen molar-refractivity contribution in [3.63, 3.8) is 0 Å². The van der Waals surface area contributed by atoms with Crippen LogP contribution in [0.1, 0.15) is 30.9 Å². The lowest BCUT2D eigenvalue weighted by Gasteiger charge is -2.32. The van der Waals surface area contributed by atoms with Crippen LogP contribution in [-0.4, -0.2) is 18.4 Å². The van der Waals surface area contributed by atoms with Gasteiger partial charge in [0.15, 0.2) is 17.2 Å². The average molecular weight is 306 g/mol. The van der Waals surface area contributed by atoms with Crippen molar-refractivity contribution in [1.82, 2.24) is 0 Å². The summed E-state index contributed by atoms with van der Waals surface area (Å²) in [7, 11) is 0. The number of benzene rings is 1. The van der Waals surface area contributed by atoms with Crippen molar-refractivity contribution in [3.8, 4) is 0 Å². The second kappa shape index (κ2) is 5.09. The number of hydrogen-bond donors (Lipinski definition) is 0. The molecule has 21 heavy (non-hydrogen) atoms. The fourth-order valence-electron chi connectivity index (χ4n) is 2.73. The molecule has 3 atom stereocenters. The zero-order valence-electron chi connectivity index (χ0n) is 11.6. The largest absolute Gasteiger partial charge is 0.417 e. The molecule has 0 bridgehead atoms. The Balaban J connectivity index is 2.47. The van der Waals surface area contributed by atoms with Crippen LogP contribution in [0.3, 0.4) is 0 Å². The van der Waals surface area contributed by atoms with Gasteiger partial charge in [0.05, 0.1) is 6.61 Å². The van der Waals surface area contributed by atoms with Gasteiger partial charge in [0.25, 0.3) is 0 Å². The van der Waals surface area contributed by atoms with Gasteiger partial charge in [-0.25, -0.2) is 8.78 Å². The Labute approximate surface area is 119 Å². The summed E-state index contributed by atoms with van der Waals surface area (Å²) in [6.45, 7) is 5.58. The summed E-state index contributed by atoms with van der Waals surface area (Å²) in [4.78, 5) is 0. The van der Waals surface area contributed by atoms with E-state index in [2.05, 4.69) is 6.58 Å². The third-order valence-electron chi connectivity index (χ3n) is 4.37. The molecule has 0 unspecified atom stereocenters. The van der Waals surface area contributed by atoms with Crippen molar-refractivity contribution >= 4 is 6.08 Å². The van der Waals surface area contributed by atoms with E-state index in [0.29, 0.717) is 0 Å². The van der Waals surface area contributed by atoms with Gasteiger partial charge in [0.2, 0.25) is 0 Å². The topological polar surface area (TPSA) is 9.23 Å². The average Bonchev–Trinajstić information content (AvgIpc) is 2.70. The quantitative estimate of drug-likeness (QED) is 0.721. The summed E-state index contributed by atoms with van der Waals surface area (Å²) in [5.41, 5.74) is -2.13. The molecule has 6 heteroatoms. The van der Waals surface area contributed by atoms with E-state index in [9.17, 15) is 22.0 Å². The monoisotopic (exact) mass is 306 g/mol. The Hall–Kier alpha value is -1.43. The lowest BCUT2D eigenvalue weighted by atomic mass is 9.78. The van der Waals surface area contributed by atoms with Crippen LogP contribution in [-0.2, 0) is 4.74 Å². The van der Waals surface area contributed by atoms with E-state index in [0.717, 1.165) is 19.1 Å². The second-order valence-corrected chi connectivity index (χ2v) is 5.38. The van der Waals surface area contributed by atoms with Gasteiger partial charge in [-0.05, 0) is 18.6 Å². The van der Waals surface area contributed by atoms with E-state index in [1.807, 2.05) is 0 Å². The van der Waals surface area contributed by atoms with Crippen LogP contribution in [0.2, 0.25) is 0 Å². The van der Waals surface area contributed by atoms with Crippen LogP contribution >= 0.6 is 0 Å². The van der Waals surface area contributed by atoms with Crippen LogP contribution in [0.15, 0.2) is 18.7 Å². The third-order valence-corrected chi connectivity index (χ3v) is 4.37. The molecule has 1 aliphatic heterocycles. The smallest absolute Gasteiger partial charge is 0.365 e. The molecule has 0 spiro atoms. The summed E-state index contributed by atoms with van der Waals surface area (Å²) < 4.78 is 71.4. The normalized spacial score (nSPS) is 29.7. The zero-order valence-corrected chi connectivity index (χ0v) is 11.6. The molecule has 1 aromatic rings. The predicted molar refractivity (Wildman–Crippen MR) is 68.8 cm³/mol. The van der Waals surface area contributed by atoms with Gasteiger partial charge in [0, 0.05) is 17.4 Å². The van der Waals surface area contributed by atoms with Crippen molar-refractivity contribution in [2.75, 3.05) is 6.61 Å². The van der Waals surface area contributed by atoms with E-state index in [4.69, 9.17) is 4.74 Å². The number of halogens is 5. The summed E-state index contributed by atoms with van der Waals surface area (Å²) >= 11 is 0. The minimum atomic E-state index is -4.53. The van der Waals surface area contributed by atoms with Gasteiger partial charge in [-0.3, -0.25) is 0 Å². The van der Waals surface area contributed by atoms with Crippen molar-refractivity contribution in [1.29, 1.82) is 0 Å². The Kier molecular flexibility index (Phi) is 3.86. The van der Waals surface area contributed by atoms with E-state index >= 15 is 0 Å². The molecule has 0 aromatic heterocycles. The fraction of sp³-hybridized carbons (Fsp3) is 0.467. The van der Waals surface area contributed by atoms with Gasteiger partial charge in [0.1, 0.15) is 0 Å².